The Bertz CT molecular complexity index is 1310. The summed E-state index contributed by atoms with van der Waals surface area (Å²) in [6.07, 6.45) is 1.61. The van der Waals surface area contributed by atoms with E-state index >= 15 is 0 Å². The van der Waals surface area contributed by atoms with E-state index in [0.29, 0.717) is 17.8 Å². The zero-order valence-electron chi connectivity index (χ0n) is 18.6. The van der Waals surface area contributed by atoms with Crippen molar-refractivity contribution in [3.8, 4) is 22.4 Å². The Kier molecular flexibility index (Phi) is 5.16. The quantitative estimate of drug-likeness (QED) is 0.266. The fourth-order valence-corrected chi connectivity index (χ4v) is 4.31. The lowest BCUT2D eigenvalue weighted by molar-refractivity contribution is -0.660. The molecule has 0 bridgehead atoms. The van der Waals surface area contributed by atoms with Gasteiger partial charge in [0.25, 0.3) is 0 Å². The second kappa shape index (κ2) is 7.26. The predicted molar refractivity (Wildman–Crippen MR) is 110 cm³/mol. The summed E-state index contributed by atoms with van der Waals surface area (Å²) in [7, 11) is 1.75. The lowest BCUT2D eigenvalue weighted by Gasteiger charge is -2.42. The number of benzene rings is 2. The minimum atomic E-state index is -6.28. The molecule has 1 aliphatic carbocycles. The molecule has 0 atom stereocenters. The largest absolute Gasteiger partial charge is 0.382 e. The molecule has 34 heavy (non-hydrogen) atoms. The van der Waals surface area contributed by atoms with Crippen LogP contribution < -0.4 is 4.57 Å². The van der Waals surface area contributed by atoms with Crippen LogP contribution >= 0.6 is 0 Å². The van der Waals surface area contributed by atoms with Gasteiger partial charge in [-0.2, -0.15) is 35.1 Å². The van der Waals surface area contributed by atoms with E-state index in [2.05, 4.69) is 0 Å². The Labute approximate surface area is 190 Å². The molecule has 180 valence electrons. The zero-order valence-corrected chi connectivity index (χ0v) is 18.6. The molecule has 0 spiro atoms. The van der Waals surface area contributed by atoms with Crippen molar-refractivity contribution in [2.45, 2.75) is 44.5 Å². The van der Waals surface area contributed by atoms with Crippen molar-refractivity contribution in [1.82, 2.24) is 0 Å². The summed E-state index contributed by atoms with van der Waals surface area (Å²) in [5, 5.41) is 0. The average molecular weight is 486 g/mol. The highest BCUT2D eigenvalue weighted by Crippen LogP contribution is 2.64. The summed E-state index contributed by atoms with van der Waals surface area (Å²) < 4.78 is 115. The van der Waals surface area contributed by atoms with Gasteiger partial charge in [-0.3, -0.25) is 0 Å². The molecule has 0 radical (unpaired) electrons. The van der Waals surface area contributed by atoms with Crippen molar-refractivity contribution >= 4 is 0 Å². The second-order valence-corrected chi connectivity index (χ2v) is 8.72. The number of rotatable bonds is 2. The topological polar surface area (TPSA) is 3.88 Å². The van der Waals surface area contributed by atoms with Crippen LogP contribution in [0.2, 0.25) is 0 Å². The summed E-state index contributed by atoms with van der Waals surface area (Å²) in [6, 6.07) is 8.78. The molecule has 0 fully saturated rings. The first kappa shape index (κ1) is 24.2. The summed E-state index contributed by atoms with van der Waals surface area (Å²) in [6.45, 7) is 5.74. The molecule has 3 aromatic rings. The minimum Gasteiger partial charge on any atom is -0.201 e. The van der Waals surface area contributed by atoms with Gasteiger partial charge >= 0.3 is 23.7 Å². The standard InChI is InChI=1S/C25H20F8N/c1-13-9-14(2)15(3)18(10-13)21-12-17(7-8-34(21)4)16-5-6-19-20(11-16)23(28,29)25(32,33)24(30,31)22(19,26)27/h5-12H,1-4H3/q+1. The number of hydrogen-bond acceptors (Lipinski definition) is 0. The van der Waals surface area contributed by atoms with Crippen molar-refractivity contribution in [2.75, 3.05) is 0 Å². The maximum absolute atomic E-state index is 14.5. The van der Waals surface area contributed by atoms with Crippen LogP contribution in [0.25, 0.3) is 22.4 Å². The molecule has 0 aliphatic heterocycles. The molecule has 0 unspecified atom stereocenters. The van der Waals surface area contributed by atoms with Crippen molar-refractivity contribution in [2.24, 2.45) is 7.05 Å². The zero-order chi connectivity index (χ0) is 25.4. The second-order valence-electron chi connectivity index (χ2n) is 8.72. The van der Waals surface area contributed by atoms with Crippen molar-refractivity contribution in [1.29, 1.82) is 0 Å². The molecule has 2 aromatic carbocycles. The predicted octanol–water partition coefficient (Wildman–Crippen LogP) is 7.24. The SMILES string of the molecule is Cc1cc(C)c(C)c(-c2cc(-c3ccc4c(c3)C(F)(F)C(F)(F)C(F)(F)C4(F)F)cc[n+]2C)c1. The van der Waals surface area contributed by atoms with Gasteiger partial charge in [0.15, 0.2) is 6.20 Å². The number of hydrogen-bond donors (Lipinski definition) is 0. The van der Waals surface area contributed by atoms with E-state index in [4.69, 9.17) is 0 Å². The molecule has 1 aromatic heterocycles. The maximum Gasteiger partial charge on any atom is 0.382 e. The van der Waals surface area contributed by atoms with E-state index in [1.807, 2.05) is 32.9 Å². The Balaban J connectivity index is 1.93. The van der Waals surface area contributed by atoms with Gasteiger partial charge < -0.3 is 0 Å². The highest BCUT2D eigenvalue weighted by Gasteiger charge is 2.85. The van der Waals surface area contributed by atoms with E-state index in [-0.39, 0.29) is 11.1 Å². The van der Waals surface area contributed by atoms with Gasteiger partial charge in [-0.15, -0.1) is 0 Å². The third-order valence-electron chi connectivity index (χ3n) is 6.45. The number of halogens is 8. The van der Waals surface area contributed by atoms with Crippen LogP contribution in [-0.2, 0) is 18.9 Å². The smallest absolute Gasteiger partial charge is 0.201 e. The number of alkyl halides is 8. The fraction of sp³-hybridized carbons (Fsp3) is 0.320. The highest BCUT2D eigenvalue weighted by atomic mass is 19.4. The summed E-state index contributed by atoms with van der Waals surface area (Å²) in [4.78, 5) is 0. The maximum atomic E-state index is 14.5. The number of nitrogens with zero attached hydrogens (tertiary/aromatic N) is 1. The molecule has 0 saturated carbocycles. The van der Waals surface area contributed by atoms with Crippen molar-refractivity contribution in [3.63, 3.8) is 0 Å². The Morgan fingerprint density at radius 1 is 0.647 bits per heavy atom. The first-order chi connectivity index (χ1) is 15.5. The lowest BCUT2D eigenvalue weighted by Crippen LogP contribution is -2.63. The van der Waals surface area contributed by atoms with Gasteiger partial charge in [0, 0.05) is 28.8 Å². The monoisotopic (exact) mass is 486 g/mol. The van der Waals surface area contributed by atoms with Crippen LogP contribution in [0.5, 0.6) is 0 Å². The molecule has 1 aliphatic rings. The first-order valence-electron chi connectivity index (χ1n) is 10.3. The van der Waals surface area contributed by atoms with E-state index in [1.165, 1.54) is 6.07 Å². The van der Waals surface area contributed by atoms with Gasteiger partial charge in [0.05, 0.1) is 0 Å². The number of aromatic nitrogens is 1. The van der Waals surface area contributed by atoms with Crippen LogP contribution in [-0.4, -0.2) is 11.8 Å². The summed E-state index contributed by atoms with van der Waals surface area (Å²) in [5.74, 6) is -23.5. The molecule has 1 nitrogen and oxygen atoms in total. The van der Waals surface area contributed by atoms with Crippen LogP contribution in [0.3, 0.4) is 0 Å². The van der Waals surface area contributed by atoms with E-state index in [1.54, 1.807) is 23.9 Å². The number of pyridine rings is 1. The molecule has 0 amide bonds. The normalized spacial score (nSPS) is 19.5. The fourth-order valence-electron chi connectivity index (χ4n) is 4.31. The Hall–Kier alpha value is -2.97. The van der Waals surface area contributed by atoms with Gasteiger partial charge in [-0.25, -0.2) is 4.57 Å². The van der Waals surface area contributed by atoms with Gasteiger partial charge in [-0.05, 0) is 55.2 Å². The molecule has 0 saturated heterocycles. The highest BCUT2D eigenvalue weighted by molar-refractivity contribution is 5.72. The molecular formula is C25H20F8N+. The molecule has 1 heterocycles. The van der Waals surface area contributed by atoms with Gasteiger partial charge in [0.1, 0.15) is 7.05 Å². The van der Waals surface area contributed by atoms with Crippen LogP contribution in [0.1, 0.15) is 27.8 Å². The van der Waals surface area contributed by atoms with Crippen LogP contribution in [0.4, 0.5) is 35.1 Å². The Morgan fingerprint density at radius 2 is 1.21 bits per heavy atom. The summed E-state index contributed by atoms with van der Waals surface area (Å²) >= 11 is 0. The van der Waals surface area contributed by atoms with Crippen LogP contribution in [0.15, 0.2) is 48.7 Å². The average Bonchev–Trinajstić information content (AvgIpc) is 2.75. The van der Waals surface area contributed by atoms with Crippen LogP contribution in [0, 0.1) is 20.8 Å². The van der Waals surface area contributed by atoms with Gasteiger partial charge in [-0.1, -0.05) is 23.8 Å². The van der Waals surface area contributed by atoms with Crippen molar-refractivity contribution < 1.29 is 39.7 Å². The lowest BCUT2D eigenvalue weighted by atomic mass is 9.79. The molecule has 0 N–H and O–H groups in total. The number of aryl methyl sites for hydroxylation is 3. The Morgan fingerprint density at radius 3 is 1.82 bits per heavy atom. The van der Waals surface area contributed by atoms with E-state index in [0.717, 1.165) is 28.3 Å². The van der Waals surface area contributed by atoms with Gasteiger partial charge in [0.2, 0.25) is 5.69 Å². The first-order valence-corrected chi connectivity index (χ1v) is 10.3. The molecule has 4 rings (SSSR count). The third-order valence-corrected chi connectivity index (χ3v) is 6.45. The molecular weight excluding hydrogens is 466 g/mol. The van der Waals surface area contributed by atoms with E-state index < -0.39 is 34.8 Å². The third kappa shape index (κ3) is 3.08. The molecule has 9 heteroatoms. The van der Waals surface area contributed by atoms with Crippen molar-refractivity contribution in [3.05, 3.63) is 76.5 Å². The number of fused-ring (bicyclic) bond motifs is 1. The minimum absolute atomic E-state index is 0.0841. The van der Waals surface area contributed by atoms with E-state index in [9.17, 15) is 35.1 Å². The summed E-state index contributed by atoms with van der Waals surface area (Å²) in [5.41, 5.74) is 0.996.